The molecule has 10 heteroatoms. The van der Waals surface area contributed by atoms with Crippen LogP contribution in [0, 0.1) is 9.39 Å². The minimum atomic E-state index is -0.852. The summed E-state index contributed by atoms with van der Waals surface area (Å²) >= 11 is 2.08. The van der Waals surface area contributed by atoms with Gasteiger partial charge < -0.3 is 14.2 Å². The molecule has 0 aliphatic carbocycles. The highest BCUT2D eigenvalue weighted by molar-refractivity contribution is 14.1. The highest BCUT2D eigenvalue weighted by Gasteiger charge is 2.37. The summed E-state index contributed by atoms with van der Waals surface area (Å²) in [6, 6.07) is 14.9. The van der Waals surface area contributed by atoms with Crippen LogP contribution in [0.4, 0.5) is 14.9 Å². The van der Waals surface area contributed by atoms with E-state index in [9.17, 15) is 18.8 Å². The quantitative estimate of drug-likeness (QED) is 0.271. The van der Waals surface area contributed by atoms with Crippen LogP contribution in [0.3, 0.4) is 0 Å². The molecule has 2 aliphatic heterocycles. The van der Waals surface area contributed by atoms with Gasteiger partial charge in [-0.3, -0.25) is 14.9 Å². The molecular formula is C25H16FIN2O6. The third-order valence-electron chi connectivity index (χ3n) is 5.29. The average Bonchev–Trinajstić information content (AvgIpc) is 3.30. The number of hydrogen-bond donors (Lipinski definition) is 1. The summed E-state index contributed by atoms with van der Waals surface area (Å²) in [5.41, 5.74) is 1.43. The maximum atomic E-state index is 13.1. The summed E-state index contributed by atoms with van der Waals surface area (Å²) in [5.74, 6) is -0.375. The van der Waals surface area contributed by atoms with E-state index in [2.05, 4.69) is 27.9 Å². The van der Waals surface area contributed by atoms with Gasteiger partial charge in [0.05, 0.1) is 9.26 Å². The van der Waals surface area contributed by atoms with Crippen LogP contribution in [0.25, 0.3) is 6.08 Å². The van der Waals surface area contributed by atoms with Crippen LogP contribution in [0.5, 0.6) is 17.2 Å². The van der Waals surface area contributed by atoms with Crippen molar-refractivity contribution in [2.75, 3.05) is 11.7 Å². The largest absolute Gasteiger partial charge is 0.488 e. The van der Waals surface area contributed by atoms with Crippen molar-refractivity contribution in [1.82, 2.24) is 5.32 Å². The first-order valence-electron chi connectivity index (χ1n) is 10.4. The zero-order valence-corrected chi connectivity index (χ0v) is 20.1. The first-order chi connectivity index (χ1) is 16.9. The van der Waals surface area contributed by atoms with Crippen molar-refractivity contribution in [2.24, 2.45) is 0 Å². The van der Waals surface area contributed by atoms with E-state index in [0.717, 1.165) is 14.0 Å². The van der Waals surface area contributed by atoms with Gasteiger partial charge in [-0.2, -0.15) is 0 Å². The molecule has 1 N–H and O–H groups in total. The molecule has 176 valence electrons. The third-order valence-corrected chi connectivity index (χ3v) is 6.13. The van der Waals surface area contributed by atoms with E-state index < -0.39 is 17.8 Å². The maximum absolute atomic E-state index is 13.1. The van der Waals surface area contributed by atoms with E-state index in [1.54, 1.807) is 36.4 Å². The van der Waals surface area contributed by atoms with Crippen molar-refractivity contribution in [3.63, 3.8) is 0 Å². The van der Waals surface area contributed by atoms with Gasteiger partial charge in [-0.25, -0.2) is 14.1 Å². The maximum Gasteiger partial charge on any atom is 0.335 e. The SMILES string of the molecule is O=C1NC(=O)N(c2ccc3c(c2)OCO3)C(=O)/C1=C/c1ccc(OCc2ccc(F)cc2)c(I)c1. The number of nitrogens with zero attached hydrogens (tertiary/aromatic N) is 1. The Balaban J connectivity index is 1.37. The van der Waals surface area contributed by atoms with E-state index in [1.165, 1.54) is 30.3 Å². The normalized spacial score (nSPS) is 16.0. The molecule has 0 bridgehead atoms. The Morgan fingerprint density at radius 1 is 1.00 bits per heavy atom. The summed E-state index contributed by atoms with van der Waals surface area (Å²) in [5, 5.41) is 2.20. The molecule has 35 heavy (non-hydrogen) atoms. The smallest absolute Gasteiger partial charge is 0.335 e. The van der Waals surface area contributed by atoms with Gasteiger partial charge >= 0.3 is 6.03 Å². The fourth-order valence-corrected chi connectivity index (χ4v) is 4.24. The molecule has 8 nitrogen and oxygen atoms in total. The predicted molar refractivity (Wildman–Crippen MR) is 131 cm³/mol. The predicted octanol–water partition coefficient (Wildman–Crippen LogP) is 4.40. The molecular weight excluding hydrogens is 570 g/mol. The van der Waals surface area contributed by atoms with E-state index in [1.807, 2.05) is 0 Å². The van der Waals surface area contributed by atoms with Crippen LogP contribution < -0.4 is 24.4 Å². The Labute approximate surface area is 212 Å². The lowest BCUT2D eigenvalue weighted by molar-refractivity contribution is -0.122. The van der Waals surface area contributed by atoms with Crippen molar-refractivity contribution >= 4 is 52.2 Å². The Bertz CT molecular complexity index is 1390. The summed E-state index contributed by atoms with van der Waals surface area (Å²) in [6.07, 6.45) is 1.41. The molecule has 2 heterocycles. The van der Waals surface area contributed by atoms with Crippen LogP contribution in [0.1, 0.15) is 11.1 Å². The van der Waals surface area contributed by atoms with Crippen LogP contribution in [0.15, 0.2) is 66.2 Å². The first-order valence-corrected chi connectivity index (χ1v) is 11.4. The fraction of sp³-hybridized carbons (Fsp3) is 0.0800. The number of amides is 4. The van der Waals surface area contributed by atoms with Crippen LogP contribution >= 0.6 is 22.6 Å². The van der Waals surface area contributed by atoms with Gasteiger partial charge in [0, 0.05) is 6.07 Å². The lowest BCUT2D eigenvalue weighted by atomic mass is 10.1. The lowest BCUT2D eigenvalue weighted by Crippen LogP contribution is -2.54. The lowest BCUT2D eigenvalue weighted by Gasteiger charge is -2.26. The second-order valence-corrected chi connectivity index (χ2v) is 8.76. The molecule has 0 unspecified atom stereocenters. The molecule has 3 aromatic carbocycles. The molecule has 1 saturated heterocycles. The van der Waals surface area contributed by atoms with Crippen molar-refractivity contribution in [2.45, 2.75) is 6.61 Å². The zero-order valence-electron chi connectivity index (χ0n) is 17.9. The van der Waals surface area contributed by atoms with Crippen molar-refractivity contribution in [1.29, 1.82) is 0 Å². The number of anilines is 1. The van der Waals surface area contributed by atoms with E-state index in [-0.39, 0.29) is 30.5 Å². The molecule has 4 amide bonds. The van der Waals surface area contributed by atoms with Gasteiger partial charge in [0.15, 0.2) is 11.5 Å². The number of ether oxygens (including phenoxy) is 3. The number of benzene rings is 3. The Kier molecular flexibility index (Phi) is 6.12. The molecule has 5 rings (SSSR count). The van der Waals surface area contributed by atoms with E-state index in [4.69, 9.17) is 14.2 Å². The third kappa shape index (κ3) is 4.69. The molecule has 2 aliphatic rings. The Morgan fingerprint density at radius 3 is 2.54 bits per heavy atom. The summed E-state index contributed by atoms with van der Waals surface area (Å²) in [4.78, 5) is 38.9. The number of urea groups is 1. The number of carbonyl (C=O) groups excluding carboxylic acids is 3. The van der Waals surface area contributed by atoms with E-state index >= 15 is 0 Å². The molecule has 0 atom stereocenters. The van der Waals surface area contributed by atoms with Crippen molar-refractivity contribution < 1.29 is 33.0 Å². The van der Waals surface area contributed by atoms with E-state index in [0.29, 0.717) is 22.8 Å². The van der Waals surface area contributed by atoms with Crippen LogP contribution in [0.2, 0.25) is 0 Å². The number of nitrogens with one attached hydrogen (secondary N) is 1. The van der Waals surface area contributed by atoms with Crippen molar-refractivity contribution in [3.05, 3.63) is 86.8 Å². The summed E-state index contributed by atoms with van der Waals surface area (Å²) in [7, 11) is 0. The Morgan fingerprint density at radius 2 is 1.77 bits per heavy atom. The van der Waals surface area contributed by atoms with Gasteiger partial charge in [-0.1, -0.05) is 18.2 Å². The van der Waals surface area contributed by atoms with Gasteiger partial charge in [0.1, 0.15) is 23.7 Å². The van der Waals surface area contributed by atoms with Crippen LogP contribution in [-0.4, -0.2) is 24.6 Å². The number of carbonyl (C=O) groups is 3. The van der Waals surface area contributed by atoms with Gasteiger partial charge in [0.25, 0.3) is 11.8 Å². The standard InChI is InChI=1S/C25H16FIN2O6/c26-16-4-1-14(2-5-16)12-33-20-7-3-15(10-19(20)27)9-18-23(30)28-25(32)29(24(18)31)17-6-8-21-22(11-17)35-13-34-21/h1-11H,12-13H2,(H,28,30,32)/b18-9+. The summed E-state index contributed by atoms with van der Waals surface area (Å²) in [6.45, 7) is 0.301. The minimum Gasteiger partial charge on any atom is -0.488 e. The number of fused-ring (bicyclic) bond motifs is 1. The number of imide groups is 2. The molecule has 1 fully saturated rings. The second-order valence-electron chi connectivity index (χ2n) is 7.60. The first kappa shape index (κ1) is 22.8. The second kappa shape index (κ2) is 9.37. The molecule has 0 aromatic heterocycles. The Hall–Kier alpha value is -3.93. The molecule has 0 radical (unpaired) electrons. The monoisotopic (exact) mass is 586 g/mol. The van der Waals surface area contributed by atoms with Crippen LogP contribution in [-0.2, 0) is 16.2 Å². The highest BCUT2D eigenvalue weighted by atomic mass is 127. The minimum absolute atomic E-state index is 0.0464. The molecule has 0 spiro atoms. The number of rotatable bonds is 5. The van der Waals surface area contributed by atoms with Gasteiger partial charge in [-0.05, 0) is 76.2 Å². The zero-order chi connectivity index (χ0) is 24.5. The highest BCUT2D eigenvalue weighted by Crippen LogP contribution is 2.36. The fourth-order valence-electron chi connectivity index (χ4n) is 3.55. The average molecular weight is 586 g/mol. The van der Waals surface area contributed by atoms with Gasteiger partial charge in [0.2, 0.25) is 6.79 Å². The van der Waals surface area contributed by atoms with Crippen molar-refractivity contribution in [3.8, 4) is 17.2 Å². The topological polar surface area (TPSA) is 94.2 Å². The summed E-state index contributed by atoms with van der Waals surface area (Å²) < 4.78 is 30.2. The number of halogens is 2. The van der Waals surface area contributed by atoms with Gasteiger partial charge in [-0.15, -0.1) is 0 Å². The number of barbiturate groups is 1. The molecule has 0 saturated carbocycles. The number of hydrogen-bond acceptors (Lipinski definition) is 6. The molecule has 3 aromatic rings.